The van der Waals surface area contributed by atoms with Crippen molar-refractivity contribution in [1.82, 2.24) is 15.5 Å². The minimum Gasteiger partial charge on any atom is -0.465 e. The SMILES string of the molecule is CNCC(=O)N1CCNC(=O)C1CC(=O)OCC(C)C. The number of carbonyl (C=O) groups is 3. The van der Waals surface area contributed by atoms with Crippen LogP contribution in [0, 0.1) is 5.92 Å². The van der Waals surface area contributed by atoms with E-state index in [1.807, 2.05) is 13.8 Å². The molecule has 2 amide bonds. The lowest BCUT2D eigenvalue weighted by Crippen LogP contribution is -2.59. The van der Waals surface area contributed by atoms with E-state index in [2.05, 4.69) is 10.6 Å². The smallest absolute Gasteiger partial charge is 0.308 e. The van der Waals surface area contributed by atoms with Gasteiger partial charge in [-0.15, -0.1) is 0 Å². The van der Waals surface area contributed by atoms with Gasteiger partial charge in [0.05, 0.1) is 19.6 Å². The average Bonchev–Trinajstić information content (AvgIpc) is 2.39. The maximum absolute atomic E-state index is 11.9. The molecule has 1 aliphatic rings. The summed E-state index contributed by atoms with van der Waals surface area (Å²) in [6, 6.07) is -0.774. The number of piperazine rings is 1. The van der Waals surface area contributed by atoms with Crippen LogP contribution in [0.4, 0.5) is 0 Å². The van der Waals surface area contributed by atoms with E-state index < -0.39 is 12.0 Å². The Morgan fingerprint density at radius 1 is 1.50 bits per heavy atom. The summed E-state index contributed by atoms with van der Waals surface area (Å²) in [5.74, 6) is -0.713. The lowest BCUT2D eigenvalue weighted by molar-refractivity contribution is -0.152. The van der Waals surface area contributed by atoms with Crippen molar-refractivity contribution in [3.8, 4) is 0 Å². The highest BCUT2D eigenvalue weighted by Gasteiger charge is 2.34. The second kappa shape index (κ2) is 7.84. The highest BCUT2D eigenvalue weighted by Crippen LogP contribution is 2.10. The fourth-order valence-corrected chi connectivity index (χ4v) is 1.95. The minimum absolute atomic E-state index is 0.103. The zero-order chi connectivity index (χ0) is 15.1. The Morgan fingerprint density at radius 2 is 2.20 bits per heavy atom. The van der Waals surface area contributed by atoms with Crippen LogP contribution in [0.15, 0.2) is 0 Å². The van der Waals surface area contributed by atoms with Crippen molar-refractivity contribution < 1.29 is 19.1 Å². The number of hydrogen-bond donors (Lipinski definition) is 2. The summed E-state index contributed by atoms with van der Waals surface area (Å²) in [6.45, 7) is 5.15. The third-order valence-electron chi connectivity index (χ3n) is 2.92. The zero-order valence-electron chi connectivity index (χ0n) is 12.3. The first-order valence-corrected chi connectivity index (χ1v) is 6.83. The summed E-state index contributed by atoms with van der Waals surface area (Å²) >= 11 is 0. The number of likely N-dealkylation sites (N-methyl/N-ethyl adjacent to an activating group) is 1. The average molecular weight is 285 g/mol. The third kappa shape index (κ3) is 4.80. The molecule has 0 aromatic heterocycles. The topological polar surface area (TPSA) is 87.7 Å². The van der Waals surface area contributed by atoms with E-state index in [9.17, 15) is 14.4 Å². The molecule has 114 valence electrons. The predicted octanol–water partition coefficient (Wildman–Crippen LogP) is -0.878. The molecule has 1 atom stereocenters. The van der Waals surface area contributed by atoms with Gasteiger partial charge in [0, 0.05) is 13.1 Å². The number of carbonyl (C=O) groups excluding carboxylic acids is 3. The highest BCUT2D eigenvalue weighted by atomic mass is 16.5. The Balaban J connectivity index is 2.63. The molecule has 0 saturated carbocycles. The molecule has 1 unspecified atom stereocenters. The number of rotatable bonds is 6. The summed E-state index contributed by atoms with van der Waals surface area (Å²) in [4.78, 5) is 37.0. The Morgan fingerprint density at radius 3 is 2.80 bits per heavy atom. The van der Waals surface area contributed by atoms with Crippen LogP contribution in [0.3, 0.4) is 0 Å². The molecule has 1 heterocycles. The molecule has 1 saturated heterocycles. The van der Waals surface area contributed by atoms with Crippen LogP contribution >= 0.6 is 0 Å². The van der Waals surface area contributed by atoms with E-state index >= 15 is 0 Å². The fraction of sp³-hybridized carbons (Fsp3) is 0.769. The van der Waals surface area contributed by atoms with Crippen molar-refractivity contribution in [1.29, 1.82) is 0 Å². The molecule has 0 bridgehead atoms. The van der Waals surface area contributed by atoms with Crippen LogP contribution in [0.25, 0.3) is 0 Å². The molecule has 0 aromatic rings. The molecule has 7 heteroatoms. The first kappa shape index (κ1) is 16.4. The molecular weight excluding hydrogens is 262 g/mol. The van der Waals surface area contributed by atoms with E-state index in [1.54, 1.807) is 7.05 Å². The second-order valence-corrected chi connectivity index (χ2v) is 5.21. The minimum atomic E-state index is -0.774. The fourth-order valence-electron chi connectivity index (χ4n) is 1.95. The molecule has 1 rings (SSSR count). The van der Waals surface area contributed by atoms with Gasteiger partial charge < -0.3 is 20.3 Å². The standard InChI is InChI=1S/C13H23N3O4/c1-9(2)8-20-12(18)6-10-13(19)15-4-5-16(10)11(17)7-14-3/h9-10,14H,4-8H2,1-3H3,(H,15,19). The van der Waals surface area contributed by atoms with Crippen molar-refractivity contribution in [2.45, 2.75) is 26.3 Å². The molecule has 0 spiro atoms. The molecule has 0 radical (unpaired) electrons. The van der Waals surface area contributed by atoms with Gasteiger partial charge in [-0.05, 0) is 13.0 Å². The van der Waals surface area contributed by atoms with Gasteiger partial charge >= 0.3 is 5.97 Å². The van der Waals surface area contributed by atoms with Gasteiger partial charge in [0.2, 0.25) is 11.8 Å². The number of amides is 2. The Labute approximate surface area is 119 Å². The van der Waals surface area contributed by atoms with E-state index in [-0.39, 0.29) is 30.7 Å². The number of esters is 1. The van der Waals surface area contributed by atoms with Crippen LogP contribution in [0.5, 0.6) is 0 Å². The maximum Gasteiger partial charge on any atom is 0.308 e. The van der Waals surface area contributed by atoms with Crippen LogP contribution in [0.1, 0.15) is 20.3 Å². The van der Waals surface area contributed by atoms with E-state index in [4.69, 9.17) is 4.74 Å². The van der Waals surface area contributed by atoms with Gasteiger partial charge in [-0.2, -0.15) is 0 Å². The Kier molecular flexibility index (Phi) is 6.44. The zero-order valence-corrected chi connectivity index (χ0v) is 12.3. The van der Waals surface area contributed by atoms with E-state index in [0.29, 0.717) is 19.7 Å². The first-order chi connectivity index (χ1) is 9.45. The highest BCUT2D eigenvalue weighted by molar-refractivity contribution is 5.92. The first-order valence-electron chi connectivity index (χ1n) is 6.83. The maximum atomic E-state index is 11.9. The van der Waals surface area contributed by atoms with Gasteiger partial charge in [-0.25, -0.2) is 0 Å². The summed E-state index contributed by atoms with van der Waals surface area (Å²) in [7, 11) is 1.66. The van der Waals surface area contributed by atoms with Crippen molar-refractivity contribution >= 4 is 17.8 Å². The number of hydrogen-bond acceptors (Lipinski definition) is 5. The van der Waals surface area contributed by atoms with Gasteiger partial charge in [-0.1, -0.05) is 13.8 Å². The monoisotopic (exact) mass is 285 g/mol. The normalized spacial score (nSPS) is 18.9. The van der Waals surface area contributed by atoms with Gasteiger partial charge in [0.15, 0.2) is 0 Å². The van der Waals surface area contributed by atoms with Crippen molar-refractivity contribution in [2.24, 2.45) is 5.92 Å². The van der Waals surface area contributed by atoms with Crippen LogP contribution < -0.4 is 10.6 Å². The number of nitrogens with one attached hydrogen (secondary N) is 2. The van der Waals surface area contributed by atoms with E-state index in [0.717, 1.165) is 0 Å². The molecule has 1 fully saturated rings. The van der Waals surface area contributed by atoms with Gasteiger partial charge in [0.1, 0.15) is 6.04 Å². The molecule has 0 aliphatic carbocycles. The lowest BCUT2D eigenvalue weighted by atomic mass is 10.1. The molecular formula is C13H23N3O4. The quantitative estimate of drug-likeness (QED) is 0.619. The second-order valence-electron chi connectivity index (χ2n) is 5.21. The summed E-state index contributed by atoms with van der Waals surface area (Å²) < 4.78 is 5.07. The van der Waals surface area contributed by atoms with Crippen molar-refractivity contribution in [3.63, 3.8) is 0 Å². The van der Waals surface area contributed by atoms with E-state index in [1.165, 1.54) is 4.90 Å². The van der Waals surface area contributed by atoms with Crippen LogP contribution in [0.2, 0.25) is 0 Å². The van der Waals surface area contributed by atoms with Crippen molar-refractivity contribution in [2.75, 3.05) is 33.3 Å². The lowest BCUT2D eigenvalue weighted by Gasteiger charge is -2.34. The molecule has 1 aliphatic heterocycles. The third-order valence-corrected chi connectivity index (χ3v) is 2.92. The number of ether oxygens (including phenoxy) is 1. The van der Waals surface area contributed by atoms with Gasteiger partial charge in [-0.3, -0.25) is 14.4 Å². The summed E-state index contributed by atoms with van der Waals surface area (Å²) in [6.07, 6.45) is -0.103. The van der Waals surface area contributed by atoms with Crippen LogP contribution in [-0.4, -0.2) is 62.0 Å². The molecule has 20 heavy (non-hydrogen) atoms. The summed E-state index contributed by atoms with van der Waals surface area (Å²) in [5, 5.41) is 5.42. The van der Waals surface area contributed by atoms with Gasteiger partial charge in [0.25, 0.3) is 0 Å². The number of nitrogens with zero attached hydrogens (tertiary/aromatic N) is 1. The Bertz CT molecular complexity index is 371. The van der Waals surface area contributed by atoms with Crippen molar-refractivity contribution in [3.05, 3.63) is 0 Å². The van der Waals surface area contributed by atoms with Crippen LogP contribution in [-0.2, 0) is 19.1 Å². The molecule has 2 N–H and O–H groups in total. The molecule has 7 nitrogen and oxygen atoms in total. The predicted molar refractivity (Wildman–Crippen MR) is 72.9 cm³/mol. The largest absolute Gasteiger partial charge is 0.465 e. The summed E-state index contributed by atoms with van der Waals surface area (Å²) in [5.41, 5.74) is 0. The molecule has 0 aromatic carbocycles. The Hall–Kier alpha value is -1.63.